The molecule has 0 spiro atoms. The maximum atomic E-state index is 11.5. The summed E-state index contributed by atoms with van der Waals surface area (Å²) in [7, 11) is 0. The van der Waals surface area contributed by atoms with Crippen LogP contribution in [0.3, 0.4) is 0 Å². The average Bonchev–Trinajstić information content (AvgIpc) is 2.47. The van der Waals surface area contributed by atoms with Crippen LogP contribution in [0.15, 0.2) is 36.5 Å². The van der Waals surface area contributed by atoms with Gasteiger partial charge in [-0.05, 0) is 36.8 Å². The van der Waals surface area contributed by atoms with Gasteiger partial charge >= 0.3 is 0 Å². The van der Waals surface area contributed by atoms with Crippen LogP contribution in [0.2, 0.25) is 5.15 Å². The van der Waals surface area contributed by atoms with E-state index in [4.69, 9.17) is 22.1 Å². The molecule has 0 unspecified atom stereocenters. The Labute approximate surface area is 128 Å². The van der Waals surface area contributed by atoms with Crippen LogP contribution in [0, 0.1) is 0 Å². The van der Waals surface area contributed by atoms with Gasteiger partial charge in [-0.2, -0.15) is 0 Å². The van der Waals surface area contributed by atoms with E-state index in [-0.39, 0.29) is 0 Å². The topological polar surface area (TPSA) is 77.2 Å². The number of ether oxygens (including phenoxy) is 1. The van der Waals surface area contributed by atoms with Gasteiger partial charge in [-0.1, -0.05) is 17.7 Å². The van der Waals surface area contributed by atoms with Gasteiger partial charge in [-0.3, -0.25) is 4.79 Å². The van der Waals surface area contributed by atoms with Crippen LogP contribution in [0.1, 0.15) is 22.8 Å². The van der Waals surface area contributed by atoms with Crippen LogP contribution in [0.4, 0.5) is 5.69 Å². The zero-order valence-electron chi connectivity index (χ0n) is 11.6. The quantitative estimate of drug-likeness (QED) is 0.805. The highest BCUT2D eigenvalue weighted by molar-refractivity contribution is 6.29. The first-order valence-corrected chi connectivity index (χ1v) is 6.89. The Bertz CT molecular complexity index is 629. The van der Waals surface area contributed by atoms with Crippen LogP contribution in [0.5, 0.6) is 5.75 Å². The van der Waals surface area contributed by atoms with Gasteiger partial charge < -0.3 is 15.8 Å². The SMILES string of the molecule is CCOc1ccc(NCc2ccc(Cl)nc2)c(C(N)=O)c1. The summed E-state index contributed by atoms with van der Waals surface area (Å²) in [4.78, 5) is 15.5. The maximum Gasteiger partial charge on any atom is 0.250 e. The summed E-state index contributed by atoms with van der Waals surface area (Å²) in [5.74, 6) is 0.110. The number of hydrogen-bond donors (Lipinski definition) is 2. The van der Waals surface area contributed by atoms with E-state index in [1.54, 1.807) is 30.5 Å². The molecule has 1 aromatic carbocycles. The molecule has 0 aliphatic carbocycles. The summed E-state index contributed by atoms with van der Waals surface area (Å²) >= 11 is 5.74. The lowest BCUT2D eigenvalue weighted by molar-refractivity contribution is 0.100. The van der Waals surface area contributed by atoms with Gasteiger partial charge in [0.2, 0.25) is 0 Å². The summed E-state index contributed by atoms with van der Waals surface area (Å²) < 4.78 is 5.37. The number of rotatable bonds is 6. The predicted octanol–water partition coefficient (Wildman–Crippen LogP) is 2.84. The molecule has 0 saturated heterocycles. The summed E-state index contributed by atoms with van der Waals surface area (Å²) in [6, 6.07) is 8.77. The molecular weight excluding hydrogens is 290 g/mol. The molecule has 1 amide bonds. The van der Waals surface area contributed by atoms with Crippen molar-refractivity contribution in [2.24, 2.45) is 5.73 Å². The summed E-state index contributed by atoms with van der Waals surface area (Å²) in [6.45, 7) is 2.92. The molecule has 110 valence electrons. The van der Waals surface area contributed by atoms with Gasteiger partial charge in [0.15, 0.2) is 0 Å². The second-order valence-electron chi connectivity index (χ2n) is 4.35. The molecule has 0 aliphatic heterocycles. The molecule has 1 heterocycles. The Hall–Kier alpha value is -2.27. The van der Waals surface area contributed by atoms with Gasteiger partial charge in [0.05, 0.1) is 12.2 Å². The molecule has 1 aromatic heterocycles. The number of carbonyl (C=O) groups is 1. The number of amides is 1. The van der Waals surface area contributed by atoms with Crippen molar-refractivity contribution in [2.75, 3.05) is 11.9 Å². The molecule has 3 N–H and O–H groups in total. The number of nitrogens with two attached hydrogens (primary N) is 1. The zero-order chi connectivity index (χ0) is 15.2. The highest BCUT2D eigenvalue weighted by Gasteiger charge is 2.10. The van der Waals surface area contributed by atoms with E-state index >= 15 is 0 Å². The van der Waals surface area contributed by atoms with Crippen molar-refractivity contribution in [1.82, 2.24) is 4.98 Å². The number of benzene rings is 1. The van der Waals surface area contributed by atoms with Crippen molar-refractivity contribution in [3.05, 3.63) is 52.8 Å². The molecule has 0 saturated carbocycles. The van der Waals surface area contributed by atoms with Gasteiger partial charge in [0.1, 0.15) is 10.9 Å². The number of nitrogens with zero attached hydrogens (tertiary/aromatic N) is 1. The van der Waals surface area contributed by atoms with Gasteiger partial charge in [-0.25, -0.2) is 4.98 Å². The highest BCUT2D eigenvalue weighted by Crippen LogP contribution is 2.22. The van der Waals surface area contributed by atoms with Crippen LogP contribution in [0.25, 0.3) is 0 Å². The number of halogens is 1. The van der Waals surface area contributed by atoms with Crippen molar-refractivity contribution in [3.63, 3.8) is 0 Å². The Morgan fingerprint density at radius 3 is 2.81 bits per heavy atom. The first-order valence-electron chi connectivity index (χ1n) is 6.51. The minimum Gasteiger partial charge on any atom is -0.494 e. The van der Waals surface area contributed by atoms with Crippen molar-refractivity contribution < 1.29 is 9.53 Å². The third kappa shape index (κ3) is 4.10. The maximum absolute atomic E-state index is 11.5. The number of carbonyl (C=O) groups excluding carboxylic acids is 1. The second-order valence-corrected chi connectivity index (χ2v) is 4.73. The van der Waals surface area contributed by atoms with Crippen molar-refractivity contribution in [1.29, 1.82) is 0 Å². The third-order valence-corrected chi connectivity index (χ3v) is 3.06. The van der Waals surface area contributed by atoms with Crippen LogP contribution in [-0.2, 0) is 6.54 Å². The summed E-state index contributed by atoms with van der Waals surface area (Å²) in [5, 5.41) is 3.60. The predicted molar refractivity (Wildman–Crippen MR) is 82.7 cm³/mol. The molecule has 0 bridgehead atoms. The minimum atomic E-state index is -0.506. The normalized spacial score (nSPS) is 10.2. The molecule has 0 aliphatic rings. The monoisotopic (exact) mass is 305 g/mol. The Balaban J connectivity index is 2.15. The lowest BCUT2D eigenvalue weighted by Gasteiger charge is -2.12. The Kier molecular flexibility index (Phi) is 5.00. The number of primary amides is 1. The largest absolute Gasteiger partial charge is 0.494 e. The number of anilines is 1. The first kappa shape index (κ1) is 15.1. The standard InChI is InChI=1S/C15H16ClN3O2/c1-2-21-11-4-5-13(12(7-11)15(17)20)18-8-10-3-6-14(16)19-9-10/h3-7,9,18H,2,8H2,1H3,(H2,17,20). The fourth-order valence-electron chi connectivity index (χ4n) is 1.85. The molecule has 0 fully saturated rings. The highest BCUT2D eigenvalue weighted by atomic mass is 35.5. The fraction of sp³-hybridized carbons (Fsp3) is 0.200. The molecule has 6 heteroatoms. The van der Waals surface area contributed by atoms with E-state index in [0.717, 1.165) is 5.56 Å². The van der Waals surface area contributed by atoms with E-state index in [0.29, 0.717) is 35.3 Å². The third-order valence-electron chi connectivity index (χ3n) is 2.84. The lowest BCUT2D eigenvalue weighted by Crippen LogP contribution is -2.14. The van der Waals surface area contributed by atoms with Gasteiger partial charge in [-0.15, -0.1) is 0 Å². The number of aromatic nitrogens is 1. The van der Waals surface area contributed by atoms with E-state index in [1.807, 2.05) is 13.0 Å². The van der Waals surface area contributed by atoms with Gasteiger partial charge in [0, 0.05) is 18.4 Å². The van der Waals surface area contributed by atoms with E-state index in [2.05, 4.69) is 10.3 Å². The van der Waals surface area contributed by atoms with Gasteiger partial charge in [0.25, 0.3) is 5.91 Å². The van der Waals surface area contributed by atoms with E-state index in [1.165, 1.54) is 0 Å². The smallest absolute Gasteiger partial charge is 0.250 e. The minimum absolute atomic E-state index is 0.392. The second kappa shape index (κ2) is 6.95. The van der Waals surface area contributed by atoms with Crippen LogP contribution < -0.4 is 15.8 Å². The molecule has 0 radical (unpaired) electrons. The van der Waals surface area contributed by atoms with E-state index in [9.17, 15) is 4.79 Å². The van der Waals surface area contributed by atoms with Crippen molar-refractivity contribution in [3.8, 4) is 5.75 Å². The summed E-state index contributed by atoms with van der Waals surface area (Å²) in [6.07, 6.45) is 1.67. The fourth-order valence-corrected chi connectivity index (χ4v) is 1.96. The molecular formula is C15H16ClN3O2. The molecule has 2 rings (SSSR count). The van der Waals surface area contributed by atoms with Crippen molar-refractivity contribution >= 4 is 23.2 Å². The molecule has 5 nitrogen and oxygen atoms in total. The lowest BCUT2D eigenvalue weighted by atomic mass is 10.1. The number of nitrogens with one attached hydrogen (secondary N) is 1. The zero-order valence-corrected chi connectivity index (χ0v) is 12.4. The van der Waals surface area contributed by atoms with Crippen LogP contribution in [-0.4, -0.2) is 17.5 Å². The molecule has 21 heavy (non-hydrogen) atoms. The summed E-state index contributed by atoms with van der Waals surface area (Å²) in [5.41, 5.74) is 7.40. The average molecular weight is 306 g/mol. The first-order chi connectivity index (χ1) is 10.1. The Morgan fingerprint density at radius 1 is 1.38 bits per heavy atom. The van der Waals surface area contributed by atoms with Crippen molar-refractivity contribution in [2.45, 2.75) is 13.5 Å². The number of pyridine rings is 1. The van der Waals surface area contributed by atoms with Crippen LogP contribution >= 0.6 is 11.6 Å². The molecule has 2 aromatic rings. The number of hydrogen-bond acceptors (Lipinski definition) is 4. The Morgan fingerprint density at radius 2 is 2.19 bits per heavy atom. The molecule has 0 atom stereocenters. The van der Waals surface area contributed by atoms with E-state index < -0.39 is 5.91 Å².